The molecule has 0 aromatic heterocycles. The molecule has 13 heavy (non-hydrogen) atoms. The van der Waals surface area contributed by atoms with Crippen molar-refractivity contribution in [2.45, 2.75) is 18.9 Å². The monoisotopic (exact) mass is 181 g/mol. The molecule has 0 bridgehead atoms. The maximum absolute atomic E-state index is 11.1. The van der Waals surface area contributed by atoms with E-state index in [1.165, 1.54) is 18.9 Å². The van der Waals surface area contributed by atoms with Crippen LogP contribution in [0.15, 0.2) is 12.7 Å². The third-order valence-corrected chi connectivity index (χ3v) is 2.87. The third-order valence-electron chi connectivity index (χ3n) is 2.87. The van der Waals surface area contributed by atoms with Gasteiger partial charge in [0.05, 0.1) is 19.3 Å². The Balaban J connectivity index is 1.89. The summed E-state index contributed by atoms with van der Waals surface area (Å²) in [7, 11) is 0. The number of ether oxygens (including phenoxy) is 1. The Morgan fingerprint density at radius 1 is 1.46 bits per heavy atom. The van der Waals surface area contributed by atoms with Crippen molar-refractivity contribution in [3.8, 4) is 0 Å². The van der Waals surface area contributed by atoms with Gasteiger partial charge in [-0.3, -0.25) is 4.79 Å². The first-order valence-electron chi connectivity index (χ1n) is 4.82. The molecular weight excluding hydrogens is 166 g/mol. The maximum Gasteiger partial charge on any atom is 0.243 e. The zero-order valence-electron chi connectivity index (χ0n) is 7.66. The highest BCUT2D eigenvalue weighted by molar-refractivity contribution is 5.87. The quantitative estimate of drug-likeness (QED) is 0.651. The smallest absolute Gasteiger partial charge is 0.243 e. The summed E-state index contributed by atoms with van der Waals surface area (Å²) >= 11 is 0. The number of carbonyl (C=O) groups excluding carboxylic acids is 1. The van der Waals surface area contributed by atoms with Crippen molar-refractivity contribution in [2.24, 2.45) is 11.8 Å². The van der Waals surface area contributed by atoms with Crippen LogP contribution in [0.25, 0.3) is 0 Å². The Bertz CT molecular complexity index is 223. The lowest BCUT2D eigenvalue weighted by Crippen LogP contribution is -2.39. The normalized spacial score (nSPS) is 32.9. The molecule has 3 nitrogen and oxygen atoms in total. The van der Waals surface area contributed by atoms with Gasteiger partial charge in [0.15, 0.2) is 0 Å². The van der Waals surface area contributed by atoms with E-state index >= 15 is 0 Å². The van der Waals surface area contributed by atoms with Crippen LogP contribution >= 0.6 is 0 Å². The first-order valence-corrected chi connectivity index (χ1v) is 4.82. The molecule has 1 N–H and O–H groups in total. The fraction of sp³-hybridized carbons (Fsp3) is 0.700. The molecule has 1 amide bonds. The van der Waals surface area contributed by atoms with Gasteiger partial charge in [0, 0.05) is 5.92 Å². The van der Waals surface area contributed by atoms with E-state index in [2.05, 4.69) is 11.9 Å². The number of carbonyl (C=O) groups is 1. The number of amides is 1. The first-order chi connectivity index (χ1) is 6.31. The van der Waals surface area contributed by atoms with Crippen LogP contribution in [0.2, 0.25) is 0 Å². The minimum absolute atomic E-state index is 0.0823. The molecule has 1 aliphatic heterocycles. The van der Waals surface area contributed by atoms with E-state index in [1.54, 1.807) is 0 Å². The molecule has 1 aliphatic carbocycles. The van der Waals surface area contributed by atoms with Gasteiger partial charge in [0.2, 0.25) is 5.91 Å². The van der Waals surface area contributed by atoms with Gasteiger partial charge in [-0.15, -0.1) is 0 Å². The van der Waals surface area contributed by atoms with Gasteiger partial charge >= 0.3 is 0 Å². The van der Waals surface area contributed by atoms with E-state index in [9.17, 15) is 4.79 Å². The zero-order valence-corrected chi connectivity index (χ0v) is 7.66. The number of hydrogen-bond acceptors (Lipinski definition) is 2. The van der Waals surface area contributed by atoms with Crippen LogP contribution in [0.1, 0.15) is 12.8 Å². The third kappa shape index (κ3) is 1.91. The Morgan fingerprint density at radius 2 is 2.23 bits per heavy atom. The lowest BCUT2D eigenvalue weighted by molar-refractivity contribution is -0.117. The molecule has 2 aliphatic rings. The average Bonchev–Trinajstić information content (AvgIpc) is 2.88. The van der Waals surface area contributed by atoms with Crippen molar-refractivity contribution in [3.63, 3.8) is 0 Å². The average molecular weight is 181 g/mol. The second kappa shape index (κ2) is 3.50. The summed E-state index contributed by atoms with van der Waals surface area (Å²) in [5.41, 5.74) is 0. The SMILES string of the molecule is C=CC(=O)NC1COCC1C1CC1. The summed E-state index contributed by atoms with van der Waals surface area (Å²) in [6.07, 6.45) is 3.92. The van der Waals surface area contributed by atoms with Gasteiger partial charge < -0.3 is 10.1 Å². The minimum atomic E-state index is -0.0823. The van der Waals surface area contributed by atoms with Crippen LogP contribution in [0.5, 0.6) is 0 Å². The highest BCUT2D eigenvalue weighted by atomic mass is 16.5. The molecule has 2 atom stereocenters. The van der Waals surface area contributed by atoms with E-state index in [0.717, 1.165) is 12.5 Å². The van der Waals surface area contributed by atoms with Crippen molar-refractivity contribution >= 4 is 5.91 Å². The molecule has 1 saturated carbocycles. The standard InChI is InChI=1S/C10H15NO2/c1-2-10(12)11-9-6-13-5-8(9)7-3-4-7/h2,7-9H,1,3-6H2,(H,11,12). The fourth-order valence-electron chi connectivity index (χ4n) is 1.95. The highest BCUT2D eigenvalue weighted by Gasteiger charge is 2.40. The van der Waals surface area contributed by atoms with Crippen molar-refractivity contribution in [3.05, 3.63) is 12.7 Å². The molecule has 0 radical (unpaired) electrons. The molecule has 0 spiro atoms. The van der Waals surface area contributed by atoms with Gasteiger partial charge in [0.1, 0.15) is 0 Å². The van der Waals surface area contributed by atoms with Crippen LogP contribution in [0, 0.1) is 11.8 Å². The molecule has 0 aromatic carbocycles. The Hall–Kier alpha value is -0.830. The van der Waals surface area contributed by atoms with Gasteiger partial charge in [-0.1, -0.05) is 6.58 Å². The van der Waals surface area contributed by atoms with E-state index in [-0.39, 0.29) is 11.9 Å². The number of nitrogens with one attached hydrogen (secondary N) is 1. The molecule has 2 unspecified atom stereocenters. The van der Waals surface area contributed by atoms with E-state index < -0.39 is 0 Å². The summed E-state index contributed by atoms with van der Waals surface area (Å²) in [6.45, 7) is 4.91. The molecular formula is C10H15NO2. The molecule has 1 saturated heterocycles. The summed E-state index contributed by atoms with van der Waals surface area (Å²) in [5.74, 6) is 1.25. The summed E-state index contributed by atoms with van der Waals surface area (Å²) < 4.78 is 5.37. The van der Waals surface area contributed by atoms with Crippen LogP contribution < -0.4 is 5.32 Å². The minimum Gasteiger partial charge on any atom is -0.379 e. The van der Waals surface area contributed by atoms with Crippen molar-refractivity contribution in [2.75, 3.05) is 13.2 Å². The molecule has 1 heterocycles. The Labute approximate surface area is 78.1 Å². The predicted molar refractivity (Wildman–Crippen MR) is 49.2 cm³/mol. The highest BCUT2D eigenvalue weighted by Crippen LogP contribution is 2.40. The summed E-state index contributed by atoms with van der Waals surface area (Å²) in [4.78, 5) is 11.1. The van der Waals surface area contributed by atoms with E-state index in [1.807, 2.05) is 0 Å². The van der Waals surface area contributed by atoms with E-state index in [4.69, 9.17) is 4.74 Å². The lowest BCUT2D eigenvalue weighted by atomic mass is 9.98. The fourth-order valence-corrected chi connectivity index (χ4v) is 1.95. The largest absolute Gasteiger partial charge is 0.379 e. The molecule has 2 fully saturated rings. The number of hydrogen-bond donors (Lipinski definition) is 1. The van der Waals surface area contributed by atoms with Crippen LogP contribution in [-0.2, 0) is 9.53 Å². The summed E-state index contributed by atoms with van der Waals surface area (Å²) in [5, 5.41) is 2.92. The van der Waals surface area contributed by atoms with Gasteiger partial charge in [-0.2, -0.15) is 0 Å². The second-order valence-electron chi connectivity index (χ2n) is 3.86. The lowest BCUT2D eigenvalue weighted by Gasteiger charge is -2.17. The van der Waals surface area contributed by atoms with Crippen LogP contribution in [-0.4, -0.2) is 25.2 Å². The first kappa shape index (κ1) is 8.75. The molecule has 72 valence electrons. The van der Waals surface area contributed by atoms with Crippen molar-refractivity contribution in [1.29, 1.82) is 0 Å². The molecule has 0 aromatic rings. The zero-order chi connectivity index (χ0) is 9.26. The van der Waals surface area contributed by atoms with Gasteiger partial charge in [-0.25, -0.2) is 0 Å². The van der Waals surface area contributed by atoms with E-state index in [0.29, 0.717) is 12.5 Å². The maximum atomic E-state index is 11.1. The van der Waals surface area contributed by atoms with Crippen LogP contribution in [0.3, 0.4) is 0 Å². The topological polar surface area (TPSA) is 38.3 Å². The van der Waals surface area contributed by atoms with Gasteiger partial charge in [0.25, 0.3) is 0 Å². The van der Waals surface area contributed by atoms with Crippen LogP contribution in [0.4, 0.5) is 0 Å². The van der Waals surface area contributed by atoms with Crippen molar-refractivity contribution in [1.82, 2.24) is 5.32 Å². The Kier molecular flexibility index (Phi) is 2.36. The predicted octanol–water partition coefficient (Wildman–Crippen LogP) is 0.714. The van der Waals surface area contributed by atoms with Crippen molar-refractivity contribution < 1.29 is 9.53 Å². The molecule has 2 rings (SSSR count). The second-order valence-corrected chi connectivity index (χ2v) is 3.86. The Morgan fingerprint density at radius 3 is 2.85 bits per heavy atom. The van der Waals surface area contributed by atoms with Gasteiger partial charge in [-0.05, 0) is 24.8 Å². The number of rotatable bonds is 3. The molecule has 3 heteroatoms. The summed E-state index contributed by atoms with van der Waals surface area (Å²) in [6, 6.07) is 0.220.